The lowest BCUT2D eigenvalue weighted by Gasteiger charge is -2.31. The molecule has 2 atom stereocenters. The number of sulfone groups is 1. The smallest absolute Gasteiger partial charge is 0.191 e. The summed E-state index contributed by atoms with van der Waals surface area (Å²) in [6.45, 7) is 9.10. The third-order valence-electron chi connectivity index (χ3n) is 4.68. The SMILES string of the molecule is CCN(CC)C(CNC(=NC)NC(C)CCS(C)(=O)=O)Cc1ccccc1. The molecule has 154 valence electrons. The van der Waals surface area contributed by atoms with E-state index in [0.717, 1.165) is 26.1 Å². The topological polar surface area (TPSA) is 73.8 Å². The lowest BCUT2D eigenvalue weighted by atomic mass is 10.0. The van der Waals surface area contributed by atoms with E-state index >= 15 is 0 Å². The van der Waals surface area contributed by atoms with Crippen molar-refractivity contribution >= 4 is 15.8 Å². The van der Waals surface area contributed by atoms with Crippen molar-refractivity contribution in [3.05, 3.63) is 35.9 Å². The van der Waals surface area contributed by atoms with Crippen molar-refractivity contribution in [3.63, 3.8) is 0 Å². The van der Waals surface area contributed by atoms with Gasteiger partial charge in [-0.15, -0.1) is 0 Å². The molecule has 0 aliphatic rings. The second kappa shape index (κ2) is 12.0. The van der Waals surface area contributed by atoms with Gasteiger partial charge in [0.1, 0.15) is 9.84 Å². The van der Waals surface area contributed by atoms with Crippen LogP contribution in [0.5, 0.6) is 0 Å². The van der Waals surface area contributed by atoms with E-state index in [4.69, 9.17) is 0 Å². The van der Waals surface area contributed by atoms with Gasteiger partial charge in [0, 0.05) is 31.9 Å². The summed E-state index contributed by atoms with van der Waals surface area (Å²) in [6.07, 6.45) is 2.80. The first-order chi connectivity index (χ1) is 12.8. The molecular weight excluding hydrogens is 360 g/mol. The Bertz CT molecular complexity index is 658. The number of benzene rings is 1. The van der Waals surface area contributed by atoms with Crippen molar-refractivity contribution in [2.75, 3.05) is 38.7 Å². The van der Waals surface area contributed by atoms with Crippen LogP contribution in [-0.2, 0) is 16.3 Å². The van der Waals surface area contributed by atoms with Gasteiger partial charge in [0.2, 0.25) is 0 Å². The second-order valence-corrected chi connectivity index (χ2v) is 9.24. The van der Waals surface area contributed by atoms with E-state index < -0.39 is 9.84 Å². The summed E-state index contributed by atoms with van der Waals surface area (Å²) >= 11 is 0. The first-order valence-electron chi connectivity index (χ1n) is 9.71. The first-order valence-corrected chi connectivity index (χ1v) is 11.8. The van der Waals surface area contributed by atoms with Gasteiger partial charge in [0.25, 0.3) is 0 Å². The quantitative estimate of drug-likeness (QED) is 0.442. The average Bonchev–Trinajstić information content (AvgIpc) is 2.64. The van der Waals surface area contributed by atoms with Crippen molar-refractivity contribution < 1.29 is 8.42 Å². The predicted octanol–water partition coefficient (Wildman–Crippen LogP) is 1.93. The van der Waals surface area contributed by atoms with Gasteiger partial charge < -0.3 is 10.6 Å². The Hall–Kier alpha value is -1.60. The molecule has 0 radical (unpaired) electrons. The molecule has 6 nitrogen and oxygen atoms in total. The van der Waals surface area contributed by atoms with E-state index in [1.807, 2.05) is 13.0 Å². The van der Waals surface area contributed by atoms with Crippen LogP contribution in [0.3, 0.4) is 0 Å². The fraction of sp³-hybridized carbons (Fsp3) is 0.650. The van der Waals surface area contributed by atoms with E-state index in [2.05, 4.69) is 58.6 Å². The largest absolute Gasteiger partial charge is 0.355 e. The molecule has 0 aliphatic heterocycles. The van der Waals surface area contributed by atoms with Gasteiger partial charge in [-0.05, 0) is 38.4 Å². The minimum absolute atomic E-state index is 0.0342. The fourth-order valence-corrected chi connectivity index (χ4v) is 3.84. The highest BCUT2D eigenvalue weighted by Gasteiger charge is 2.17. The molecule has 0 aliphatic carbocycles. The maximum atomic E-state index is 11.3. The van der Waals surface area contributed by atoms with Crippen LogP contribution in [0.25, 0.3) is 0 Å². The zero-order valence-electron chi connectivity index (χ0n) is 17.4. The molecule has 0 heterocycles. The van der Waals surface area contributed by atoms with E-state index in [1.54, 1.807) is 7.05 Å². The van der Waals surface area contributed by atoms with Crippen molar-refractivity contribution in [1.29, 1.82) is 0 Å². The van der Waals surface area contributed by atoms with Gasteiger partial charge in [-0.1, -0.05) is 44.2 Å². The maximum absolute atomic E-state index is 11.3. The second-order valence-electron chi connectivity index (χ2n) is 6.98. The molecule has 2 unspecified atom stereocenters. The highest BCUT2D eigenvalue weighted by molar-refractivity contribution is 7.90. The Morgan fingerprint density at radius 1 is 1.19 bits per heavy atom. The molecule has 7 heteroatoms. The average molecular weight is 397 g/mol. The summed E-state index contributed by atoms with van der Waals surface area (Å²) in [5.41, 5.74) is 1.32. The van der Waals surface area contributed by atoms with Gasteiger partial charge in [-0.3, -0.25) is 9.89 Å². The Labute approximate surface area is 165 Å². The summed E-state index contributed by atoms with van der Waals surface area (Å²) < 4.78 is 22.7. The predicted molar refractivity (Wildman–Crippen MR) is 115 cm³/mol. The van der Waals surface area contributed by atoms with Crippen LogP contribution in [0.15, 0.2) is 35.3 Å². The zero-order chi connectivity index (χ0) is 20.3. The van der Waals surface area contributed by atoms with Gasteiger partial charge >= 0.3 is 0 Å². The van der Waals surface area contributed by atoms with Crippen molar-refractivity contribution in [2.45, 2.75) is 45.7 Å². The van der Waals surface area contributed by atoms with Gasteiger partial charge in [-0.2, -0.15) is 0 Å². The Morgan fingerprint density at radius 2 is 1.81 bits per heavy atom. The minimum Gasteiger partial charge on any atom is -0.355 e. The number of likely N-dealkylation sites (N-methyl/N-ethyl adjacent to an activating group) is 1. The monoisotopic (exact) mass is 396 g/mol. The molecular formula is C20H36N4O2S. The number of nitrogens with one attached hydrogen (secondary N) is 2. The first kappa shape index (κ1) is 23.4. The summed E-state index contributed by atoms with van der Waals surface area (Å²) in [4.78, 5) is 6.73. The molecule has 1 rings (SSSR count). The Balaban J connectivity index is 2.65. The van der Waals surface area contributed by atoms with E-state index in [9.17, 15) is 8.42 Å². The molecule has 0 amide bonds. The van der Waals surface area contributed by atoms with Crippen LogP contribution < -0.4 is 10.6 Å². The van der Waals surface area contributed by atoms with E-state index in [1.165, 1.54) is 11.8 Å². The lowest BCUT2D eigenvalue weighted by Crippen LogP contribution is -2.49. The van der Waals surface area contributed by atoms with Crippen molar-refractivity contribution in [2.24, 2.45) is 4.99 Å². The Kier molecular flexibility index (Phi) is 10.4. The lowest BCUT2D eigenvalue weighted by molar-refractivity contribution is 0.215. The standard InChI is InChI=1S/C20H36N4O2S/c1-6-24(7-2)19(15-18-11-9-8-10-12-18)16-22-20(21-4)23-17(3)13-14-27(5,25)26/h8-12,17,19H,6-7,13-16H2,1-5H3,(H2,21,22,23). The van der Waals surface area contributed by atoms with Gasteiger partial charge in [-0.25, -0.2) is 8.42 Å². The molecule has 0 fully saturated rings. The highest BCUT2D eigenvalue weighted by atomic mass is 32.2. The molecule has 27 heavy (non-hydrogen) atoms. The van der Waals surface area contributed by atoms with Crippen LogP contribution in [0, 0.1) is 0 Å². The summed E-state index contributed by atoms with van der Waals surface area (Å²) in [7, 11) is -1.21. The zero-order valence-corrected chi connectivity index (χ0v) is 18.2. The van der Waals surface area contributed by atoms with Crippen LogP contribution in [-0.4, -0.2) is 70.1 Å². The number of hydrogen-bond acceptors (Lipinski definition) is 4. The number of rotatable bonds is 11. The Morgan fingerprint density at radius 3 is 2.33 bits per heavy atom. The number of hydrogen-bond donors (Lipinski definition) is 2. The molecule has 0 saturated carbocycles. The number of aliphatic imine (C=N–C) groups is 1. The van der Waals surface area contributed by atoms with Crippen LogP contribution in [0.1, 0.15) is 32.8 Å². The van der Waals surface area contributed by atoms with E-state index in [0.29, 0.717) is 18.4 Å². The molecule has 1 aromatic rings. The molecule has 1 aromatic carbocycles. The third-order valence-corrected chi connectivity index (χ3v) is 5.65. The van der Waals surface area contributed by atoms with E-state index in [-0.39, 0.29) is 11.8 Å². The summed E-state index contributed by atoms with van der Waals surface area (Å²) in [6, 6.07) is 10.9. The van der Waals surface area contributed by atoms with Crippen LogP contribution in [0.2, 0.25) is 0 Å². The molecule has 0 aromatic heterocycles. The number of guanidine groups is 1. The maximum Gasteiger partial charge on any atom is 0.191 e. The van der Waals surface area contributed by atoms with Crippen LogP contribution in [0.4, 0.5) is 0 Å². The molecule has 2 N–H and O–H groups in total. The molecule has 0 saturated heterocycles. The third kappa shape index (κ3) is 9.77. The normalized spacial score (nSPS) is 14.8. The minimum atomic E-state index is -2.95. The fourth-order valence-electron chi connectivity index (χ4n) is 3.06. The van der Waals surface area contributed by atoms with Gasteiger partial charge in [0.05, 0.1) is 5.75 Å². The summed E-state index contributed by atoms with van der Waals surface area (Å²) in [5.74, 6) is 0.884. The highest BCUT2D eigenvalue weighted by Crippen LogP contribution is 2.08. The van der Waals surface area contributed by atoms with Crippen molar-refractivity contribution in [3.8, 4) is 0 Å². The van der Waals surface area contributed by atoms with Crippen molar-refractivity contribution in [1.82, 2.24) is 15.5 Å². The molecule has 0 bridgehead atoms. The molecule has 0 spiro atoms. The van der Waals surface area contributed by atoms with Crippen LogP contribution >= 0.6 is 0 Å². The van der Waals surface area contributed by atoms with Gasteiger partial charge in [0.15, 0.2) is 5.96 Å². The summed E-state index contributed by atoms with van der Waals surface area (Å²) in [5, 5.41) is 6.70. The number of nitrogens with zero attached hydrogens (tertiary/aromatic N) is 2.